The molecule has 0 bridgehead atoms. The fourth-order valence-corrected chi connectivity index (χ4v) is 1.07. The Labute approximate surface area is 89.0 Å². The van der Waals surface area contributed by atoms with Crippen molar-refractivity contribution in [2.24, 2.45) is 11.8 Å². The largest absolute Gasteiger partial charge is 0.378 e. The first-order valence-corrected chi connectivity index (χ1v) is 5.66. The first-order valence-electron chi connectivity index (χ1n) is 5.66. The van der Waals surface area contributed by atoms with E-state index >= 15 is 0 Å². The lowest BCUT2D eigenvalue weighted by molar-refractivity contribution is -0.0171. The number of hydrogen-bond donors (Lipinski definition) is 0. The van der Waals surface area contributed by atoms with E-state index in [0.29, 0.717) is 24.0 Å². The molecule has 0 N–H and O–H groups in total. The second kappa shape index (κ2) is 7.24. The molecular weight excluding hydrogens is 176 g/mol. The second-order valence-electron chi connectivity index (χ2n) is 4.77. The molecule has 0 aromatic rings. The summed E-state index contributed by atoms with van der Waals surface area (Å²) in [7, 11) is 0. The molecule has 0 amide bonds. The van der Waals surface area contributed by atoms with Gasteiger partial charge in [-0.25, -0.2) is 0 Å². The molecule has 0 aromatic heterocycles. The smallest absolute Gasteiger partial charge is 0.0522 e. The third-order valence-electron chi connectivity index (χ3n) is 2.23. The monoisotopic (exact) mass is 202 g/mol. The molecule has 0 unspecified atom stereocenters. The van der Waals surface area contributed by atoms with Crippen LogP contribution < -0.4 is 0 Å². The Morgan fingerprint density at radius 3 is 1.29 bits per heavy atom. The van der Waals surface area contributed by atoms with Crippen molar-refractivity contribution in [3.05, 3.63) is 0 Å². The Bertz CT molecular complexity index is 118. The predicted molar refractivity (Wildman–Crippen MR) is 60.5 cm³/mol. The predicted octanol–water partition coefficient (Wildman–Crippen LogP) is 3.11. The molecular formula is C12H26O2. The Hall–Kier alpha value is -0.0800. The van der Waals surface area contributed by atoms with Gasteiger partial charge >= 0.3 is 0 Å². The summed E-state index contributed by atoms with van der Waals surface area (Å²) in [6.45, 7) is 14.3. The highest BCUT2D eigenvalue weighted by molar-refractivity contribution is 4.62. The molecule has 0 spiro atoms. The summed E-state index contributed by atoms with van der Waals surface area (Å²) in [5.41, 5.74) is 0. The van der Waals surface area contributed by atoms with E-state index < -0.39 is 0 Å². The zero-order chi connectivity index (χ0) is 11.1. The van der Waals surface area contributed by atoms with Gasteiger partial charge in [-0.1, -0.05) is 13.8 Å². The summed E-state index contributed by atoms with van der Waals surface area (Å²) in [6.07, 6.45) is 0.630. The molecule has 0 heterocycles. The number of rotatable bonds is 7. The van der Waals surface area contributed by atoms with Crippen molar-refractivity contribution in [2.75, 3.05) is 13.2 Å². The zero-order valence-electron chi connectivity index (χ0n) is 10.5. The van der Waals surface area contributed by atoms with Crippen molar-refractivity contribution in [3.63, 3.8) is 0 Å². The lowest BCUT2D eigenvalue weighted by atomic mass is 9.98. The van der Waals surface area contributed by atoms with Crippen LogP contribution >= 0.6 is 0 Å². The van der Waals surface area contributed by atoms with Gasteiger partial charge in [0.05, 0.1) is 25.4 Å². The van der Waals surface area contributed by atoms with Crippen LogP contribution in [0.1, 0.15) is 41.5 Å². The Kier molecular flexibility index (Phi) is 7.20. The summed E-state index contributed by atoms with van der Waals surface area (Å²) < 4.78 is 11.2. The molecule has 0 saturated carbocycles. The van der Waals surface area contributed by atoms with Crippen LogP contribution in [0.5, 0.6) is 0 Å². The molecule has 0 atom stereocenters. The third kappa shape index (κ3) is 7.34. The average molecular weight is 202 g/mol. The van der Waals surface area contributed by atoms with Gasteiger partial charge in [0.15, 0.2) is 0 Å². The summed E-state index contributed by atoms with van der Waals surface area (Å²) in [6, 6.07) is 0. The van der Waals surface area contributed by atoms with Gasteiger partial charge in [0.2, 0.25) is 0 Å². The van der Waals surface area contributed by atoms with Crippen LogP contribution in [0.4, 0.5) is 0 Å². The van der Waals surface area contributed by atoms with Crippen molar-refractivity contribution in [3.8, 4) is 0 Å². The summed E-state index contributed by atoms with van der Waals surface area (Å²) in [4.78, 5) is 0. The molecule has 2 heteroatoms. The lowest BCUT2D eigenvalue weighted by Crippen LogP contribution is -2.25. The SMILES string of the molecule is CC(C)OCC(COC(C)C)C(C)C. The van der Waals surface area contributed by atoms with E-state index in [4.69, 9.17) is 9.47 Å². The summed E-state index contributed by atoms with van der Waals surface area (Å²) >= 11 is 0. The average Bonchev–Trinajstić information content (AvgIpc) is 2.02. The molecule has 86 valence electrons. The molecule has 0 aromatic carbocycles. The number of hydrogen-bond acceptors (Lipinski definition) is 2. The van der Waals surface area contributed by atoms with Crippen LogP contribution in [0.25, 0.3) is 0 Å². The molecule has 0 aliphatic carbocycles. The lowest BCUT2D eigenvalue weighted by Gasteiger charge is -2.23. The van der Waals surface area contributed by atoms with Gasteiger partial charge in [-0.2, -0.15) is 0 Å². The minimum absolute atomic E-state index is 0.315. The van der Waals surface area contributed by atoms with E-state index in [1.165, 1.54) is 0 Å². The molecule has 0 aliphatic heterocycles. The summed E-state index contributed by atoms with van der Waals surface area (Å²) in [5, 5.41) is 0. The van der Waals surface area contributed by atoms with Gasteiger partial charge in [0.1, 0.15) is 0 Å². The van der Waals surface area contributed by atoms with Crippen LogP contribution in [0.15, 0.2) is 0 Å². The fraction of sp³-hybridized carbons (Fsp3) is 1.00. The second-order valence-corrected chi connectivity index (χ2v) is 4.77. The van der Waals surface area contributed by atoms with Gasteiger partial charge in [0.25, 0.3) is 0 Å². The fourth-order valence-electron chi connectivity index (χ4n) is 1.07. The Morgan fingerprint density at radius 2 is 1.07 bits per heavy atom. The van der Waals surface area contributed by atoms with Crippen LogP contribution in [-0.2, 0) is 9.47 Å². The van der Waals surface area contributed by atoms with Gasteiger partial charge in [-0.05, 0) is 33.6 Å². The first kappa shape index (κ1) is 13.9. The quantitative estimate of drug-likeness (QED) is 0.631. The van der Waals surface area contributed by atoms with E-state index in [1.807, 2.05) is 0 Å². The highest BCUT2D eigenvalue weighted by Crippen LogP contribution is 2.13. The summed E-state index contributed by atoms with van der Waals surface area (Å²) in [5.74, 6) is 1.13. The van der Waals surface area contributed by atoms with E-state index in [-0.39, 0.29) is 0 Å². The van der Waals surface area contributed by atoms with E-state index in [2.05, 4.69) is 41.5 Å². The zero-order valence-corrected chi connectivity index (χ0v) is 10.5. The van der Waals surface area contributed by atoms with Crippen molar-refractivity contribution < 1.29 is 9.47 Å². The topological polar surface area (TPSA) is 18.5 Å². The van der Waals surface area contributed by atoms with Crippen LogP contribution in [0, 0.1) is 11.8 Å². The molecule has 0 aliphatic rings. The first-order chi connectivity index (χ1) is 6.43. The standard InChI is InChI=1S/C12H26O2/c1-9(2)12(7-13-10(3)4)8-14-11(5)6/h9-12H,7-8H2,1-6H3. The van der Waals surface area contributed by atoms with E-state index in [1.54, 1.807) is 0 Å². The maximum atomic E-state index is 5.62. The molecule has 0 saturated heterocycles. The van der Waals surface area contributed by atoms with Gasteiger partial charge in [-0.3, -0.25) is 0 Å². The van der Waals surface area contributed by atoms with Gasteiger partial charge in [-0.15, -0.1) is 0 Å². The van der Waals surface area contributed by atoms with E-state index in [0.717, 1.165) is 13.2 Å². The maximum Gasteiger partial charge on any atom is 0.0522 e. The molecule has 14 heavy (non-hydrogen) atoms. The maximum absolute atomic E-state index is 5.62. The molecule has 0 radical (unpaired) electrons. The van der Waals surface area contributed by atoms with Crippen LogP contribution in [0.2, 0.25) is 0 Å². The van der Waals surface area contributed by atoms with Crippen molar-refractivity contribution in [2.45, 2.75) is 53.8 Å². The van der Waals surface area contributed by atoms with Gasteiger partial charge < -0.3 is 9.47 Å². The normalized spacial score (nSPS) is 12.4. The van der Waals surface area contributed by atoms with Crippen molar-refractivity contribution >= 4 is 0 Å². The molecule has 0 rings (SSSR count). The highest BCUT2D eigenvalue weighted by atomic mass is 16.5. The highest BCUT2D eigenvalue weighted by Gasteiger charge is 2.15. The minimum atomic E-state index is 0.315. The van der Waals surface area contributed by atoms with Gasteiger partial charge in [0, 0.05) is 5.92 Å². The Morgan fingerprint density at radius 1 is 0.714 bits per heavy atom. The molecule has 2 nitrogen and oxygen atoms in total. The van der Waals surface area contributed by atoms with E-state index in [9.17, 15) is 0 Å². The minimum Gasteiger partial charge on any atom is -0.378 e. The van der Waals surface area contributed by atoms with Crippen molar-refractivity contribution in [1.82, 2.24) is 0 Å². The molecule has 0 fully saturated rings. The number of ether oxygens (including phenoxy) is 2. The van der Waals surface area contributed by atoms with Crippen molar-refractivity contribution in [1.29, 1.82) is 0 Å². The Balaban J connectivity index is 3.78. The van der Waals surface area contributed by atoms with Crippen LogP contribution in [0.3, 0.4) is 0 Å². The van der Waals surface area contributed by atoms with Crippen LogP contribution in [-0.4, -0.2) is 25.4 Å². The third-order valence-corrected chi connectivity index (χ3v) is 2.23.